The zero-order chi connectivity index (χ0) is 23.9. The van der Waals surface area contributed by atoms with Crippen LogP contribution in [0.15, 0.2) is 95.9 Å². The lowest BCUT2D eigenvalue weighted by molar-refractivity contribution is -0.112. The minimum absolute atomic E-state index is 0.0329. The summed E-state index contributed by atoms with van der Waals surface area (Å²) in [6, 6.07) is 26.1. The molecule has 0 unspecified atom stereocenters. The van der Waals surface area contributed by atoms with Crippen LogP contribution in [0.3, 0.4) is 0 Å². The first-order valence-corrected chi connectivity index (χ1v) is 12.3. The van der Waals surface area contributed by atoms with Crippen molar-refractivity contribution in [2.75, 3.05) is 9.62 Å². The third kappa shape index (κ3) is 3.79. The fourth-order valence-corrected chi connectivity index (χ4v) is 5.76. The highest BCUT2D eigenvalue weighted by Crippen LogP contribution is 2.39. The van der Waals surface area contributed by atoms with Crippen LogP contribution in [0.2, 0.25) is 5.02 Å². The van der Waals surface area contributed by atoms with Gasteiger partial charge in [-0.15, -0.1) is 0 Å². The van der Waals surface area contributed by atoms with Gasteiger partial charge >= 0.3 is 0 Å². The number of rotatable bonds is 4. The van der Waals surface area contributed by atoms with E-state index < -0.39 is 26.6 Å². The van der Waals surface area contributed by atoms with Crippen molar-refractivity contribution in [2.24, 2.45) is 0 Å². The van der Waals surface area contributed by atoms with Gasteiger partial charge in [-0.05, 0) is 41.3 Å². The molecule has 1 aliphatic rings. The molecule has 34 heavy (non-hydrogen) atoms. The van der Waals surface area contributed by atoms with Gasteiger partial charge in [0.15, 0.2) is 10.7 Å². The second-order valence-electron chi connectivity index (χ2n) is 7.81. The van der Waals surface area contributed by atoms with Crippen LogP contribution in [-0.2, 0) is 21.4 Å². The van der Waals surface area contributed by atoms with Crippen LogP contribution in [0, 0.1) is 0 Å². The lowest BCUT2D eigenvalue weighted by Gasteiger charge is -2.31. The normalized spacial score (nSPS) is 14.7. The number of nitrogens with zero attached hydrogens (tertiary/aromatic N) is 1. The molecule has 0 saturated heterocycles. The Morgan fingerprint density at radius 1 is 0.882 bits per heavy atom. The van der Waals surface area contributed by atoms with Crippen molar-refractivity contribution in [1.29, 1.82) is 0 Å². The Hall–Kier alpha value is -3.81. The van der Waals surface area contributed by atoms with Crippen LogP contribution in [0.1, 0.15) is 11.1 Å². The summed E-state index contributed by atoms with van der Waals surface area (Å²) < 4.78 is 28.5. The first-order valence-electron chi connectivity index (χ1n) is 10.5. The lowest BCUT2D eigenvalue weighted by atomic mass is 10.1. The summed E-state index contributed by atoms with van der Waals surface area (Å²) in [5, 5.41) is 15.8. The van der Waals surface area contributed by atoms with Gasteiger partial charge in [-0.1, -0.05) is 72.3 Å². The Bertz CT molecular complexity index is 1560. The van der Waals surface area contributed by atoms with Gasteiger partial charge in [-0.3, -0.25) is 9.10 Å². The number of nitrogens with one attached hydrogen (secondary N) is 1. The Kier molecular flexibility index (Phi) is 5.51. The van der Waals surface area contributed by atoms with Crippen LogP contribution in [0.4, 0.5) is 11.4 Å². The lowest BCUT2D eigenvalue weighted by Crippen LogP contribution is -2.39. The zero-order valence-corrected chi connectivity index (χ0v) is 19.3. The second kappa shape index (κ2) is 8.52. The molecular weight excluding hydrogens is 472 g/mol. The molecule has 0 bridgehead atoms. The second-order valence-corrected chi connectivity index (χ2v) is 10.0. The van der Waals surface area contributed by atoms with Gasteiger partial charge in [0.05, 0.1) is 12.2 Å². The predicted octanol–water partition coefficient (Wildman–Crippen LogP) is 5.71. The topological polar surface area (TPSA) is 86.7 Å². The van der Waals surface area contributed by atoms with Gasteiger partial charge in [-0.2, -0.15) is 0 Å². The van der Waals surface area contributed by atoms with Crippen molar-refractivity contribution < 1.29 is 18.3 Å². The van der Waals surface area contributed by atoms with Crippen LogP contribution in [0.25, 0.3) is 16.5 Å². The molecule has 0 aromatic heterocycles. The molecule has 1 heterocycles. The number of sulfonamides is 1. The van der Waals surface area contributed by atoms with Crippen molar-refractivity contribution in [3.05, 3.63) is 112 Å². The van der Waals surface area contributed by atoms with Crippen molar-refractivity contribution in [3.8, 4) is 0 Å². The average Bonchev–Trinajstić information content (AvgIpc) is 2.83. The molecule has 0 spiro atoms. The van der Waals surface area contributed by atoms with E-state index in [2.05, 4.69) is 5.32 Å². The summed E-state index contributed by atoms with van der Waals surface area (Å²) in [5.74, 6) is -1.50. The van der Waals surface area contributed by atoms with E-state index in [1.54, 1.807) is 60.7 Å². The molecule has 170 valence electrons. The van der Waals surface area contributed by atoms with Gasteiger partial charge in [0, 0.05) is 21.7 Å². The monoisotopic (exact) mass is 490 g/mol. The molecule has 1 amide bonds. The van der Waals surface area contributed by atoms with E-state index in [1.807, 2.05) is 30.3 Å². The minimum atomic E-state index is -4.39. The zero-order valence-electron chi connectivity index (χ0n) is 17.8. The van der Waals surface area contributed by atoms with E-state index in [0.29, 0.717) is 16.3 Å². The number of fused-ring (bicyclic) bond motifs is 2. The SMILES string of the molecule is O=C(Nc1cccc2ccccc12)C1=C(O)c2ccccc2N(Cc2ccc(Cl)cc2)S1(=O)=O. The molecule has 0 saturated carbocycles. The summed E-state index contributed by atoms with van der Waals surface area (Å²) in [5.41, 5.74) is 1.67. The quantitative estimate of drug-likeness (QED) is 0.383. The van der Waals surface area contributed by atoms with E-state index in [0.717, 1.165) is 15.1 Å². The first-order chi connectivity index (χ1) is 16.4. The van der Waals surface area contributed by atoms with Crippen LogP contribution >= 0.6 is 11.6 Å². The molecular formula is C26H19ClN2O4S. The molecule has 0 radical (unpaired) electrons. The van der Waals surface area contributed by atoms with Crippen molar-refractivity contribution in [1.82, 2.24) is 0 Å². The van der Waals surface area contributed by atoms with E-state index in [-0.39, 0.29) is 17.8 Å². The molecule has 8 heteroatoms. The fourth-order valence-electron chi connectivity index (χ4n) is 4.04. The van der Waals surface area contributed by atoms with E-state index in [1.165, 1.54) is 0 Å². The van der Waals surface area contributed by atoms with Gasteiger partial charge in [-0.25, -0.2) is 8.42 Å². The Balaban J connectivity index is 1.59. The molecule has 6 nitrogen and oxygen atoms in total. The number of anilines is 2. The maximum atomic E-state index is 13.7. The van der Waals surface area contributed by atoms with Gasteiger partial charge in [0.2, 0.25) is 0 Å². The molecule has 2 N–H and O–H groups in total. The smallest absolute Gasteiger partial charge is 0.273 e. The highest BCUT2D eigenvalue weighted by molar-refractivity contribution is 7.97. The molecule has 4 aromatic rings. The molecule has 0 aliphatic carbocycles. The number of carbonyl (C=O) groups is 1. The van der Waals surface area contributed by atoms with E-state index in [4.69, 9.17) is 11.6 Å². The molecule has 4 aromatic carbocycles. The largest absolute Gasteiger partial charge is 0.506 e. The highest BCUT2D eigenvalue weighted by atomic mass is 35.5. The Morgan fingerprint density at radius 3 is 2.35 bits per heavy atom. The predicted molar refractivity (Wildman–Crippen MR) is 135 cm³/mol. The molecule has 0 fully saturated rings. The van der Waals surface area contributed by atoms with Crippen LogP contribution < -0.4 is 9.62 Å². The van der Waals surface area contributed by atoms with E-state index in [9.17, 15) is 18.3 Å². The first kappa shape index (κ1) is 22.0. The number of aliphatic hydroxyl groups is 1. The standard InChI is InChI=1S/C26H19ClN2O4S/c27-19-14-12-17(13-15-19)16-29-23-11-4-3-9-21(23)24(30)25(34(29,32)33)26(31)28-22-10-5-7-18-6-1-2-8-20(18)22/h1-15,30H,16H2,(H,28,31). The van der Waals surface area contributed by atoms with Crippen LogP contribution in [0.5, 0.6) is 0 Å². The number of para-hydroxylation sites is 1. The highest BCUT2D eigenvalue weighted by Gasteiger charge is 2.41. The van der Waals surface area contributed by atoms with Gasteiger partial charge < -0.3 is 10.4 Å². The molecule has 5 rings (SSSR count). The third-order valence-corrected chi connectivity index (χ3v) is 7.73. The Labute approximate surface area is 201 Å². The number of aliphatic hydroxyl groups excluding tert-OH is 1. The number of hydrogen-bond donors (Lipinski definition) is 2. The Morgan fingerprint density at radius 2 is 1.56 bits per heavy atom. The summed E-state index contributed by atoms with van der Waals surface area (Å²) in [4.78, 5) is 12.6. The van der Waals surface area contributed by atoms with Gasteiger partial charge in [0.25, 0.3) is 15.9 Å². The maximum Gasteiger partial charge on any atom is 0.273 e. The summed E-state index contributed by atoms with van der Waals surface area (Å²) in [6.07, 6.45) is 0. The van der Waals surface area contributed by atoms with Crippen LogP contribution in [-0.4, -0.2) is 19.4 Å². The number of amides is 1. The third-order valence-electron chi connectivity index (χ3n) is 5.67. The van der Waals surface area contributed by atoms with Crippen molar-refractivity contribution in [3.63, 3.8) is 0 Å². The molecule has 0 atom stereocenters. The molecule has 1 aliphatic heterocycles. The summed E-state index contributed by atoms with van der Waals surface area (Å²) in [7, 11) is -4.39. The average molecular weight is 491 g/mol. The summed E-state index contributed by atoms with van der Waals surface area (Å²) in [6.45, 7) is -0.0329. The van der Waals surface area contributed by atoms with Crippen molar-refractivity contribution in [2.45, 2.75) is 6.54 Å². The number of hydrogen-bond acceptors (Lipinski definition) is 4. The minimum Gasteiger partial charge on any atom is -0.506 e. The number of benzene rings is 4. The maximum absolute atomic E-state index is 13.7. The van der Waals surface area contributed by atoms with Gasteiger partial charge in [0.1, 0.15) is 0 Å². The number of carbonyl (C=O) groups excluding carboxylic acids is 1. The fraction of sp³-hybridized carbons (Fsp3) is 0.0385. The summed E-state index contributed by atoms with van der Waals surface area (Å²) >= 11 is 5.97. The van der Waals surface area contributed by atoms with Crippen molar-refractivity contribution >= 4 is 55.4 Å². The number of halogens is 1. The van der Waals surface area contributed by atoms with E-state index >= 15 is 0 Å².